The van der Waals surface area contributed by atoms with Crippen LogP contribution in [-0.4, -0.2) is 49.1 Å². The van der Waals surface area contributed by atoms with Crippen molar-refractivity contribution < 1.29 is 28.2 Å². The first-order valence-electron chi connectivity index (χ1n) is 7.97. The lowest BCUT2D eigenvalue weighted by atomic mass is 10.1. The number of oxazole rings is 1. The van der Waals surface area contributed by atoms with Gasteiger partial charge in [0.25, 0.3) is 5.91 Å². The maximum Gasteiger partial charge on any atom is 0.360 e. The molecule has 1 aromatic carbocycles. The van der Waals surface area contributed by atoms with Crippen molar-refractivity contribution in [3.8, 4) is 11.5 Å². The van der Waals surface area contributed by atoms with Gasteiger partial charge in [0.1, 0.15) is 23.3 Å². The van der Waals surface area contributed by atoms with Gasteiger partial charge in [-0.15, -0.1) is 0 Å². The molecular weight excluding hydrogens is 340 g/mol. The second kappa shape index (κ2) is 8.37. The highest BCUT2D eigenvalue weighted by Gasteiger charge is 2.27. The summed E-state index contributed by atoms with van der Waals surface area (Å²) in [6, 6.07) is 4.96. The number of methoxy groups -OCH3 is 3. The second-order valence-electron chi connectivity index (χ2n) is 5.68. The Balaban J connectivity index is 2.34. The molecule has 2 rings (SSSR count). The molecule has 0 bridgehead atoms. The molecule has 1 heterocycles. The summed E-state index contributed by atoms with van der Waals surface area (Å²) in [4.78, 5) is 30.3. The number of hydrogen-bond acceptors (Lipinski definition) is 7. The number of benzene rings is 1. The summed E-state index contributed by atoms with van der Waals surface area (Å²) in [7, 11) is 4.23. The van der Waals surface area contributed by atoms with Crippen molar-refractivity contribution in [2.75, 3.05) is 21.3 Å². The predicted octanol–water partition coefficient (Wildman–Crippen LogP) is 2.53. The van der Waals surface area contributed by atoms with Crippen molar-refractivity contribution in [1.82, 2.24) is 9.88 Å². The molecule has 8 heteroatoms. The van der Waals surface area contributed by atoms with Crippen LogP contribution in [0, 0.1) is 0 Å². The number of aromatic nitrogens is 1. The molecule has 0 fully saturated rings. The van der Waals surface area contributed by atoms with Gasteiger partial charge in [0.05, 0.1) is 27.9 Å². The largest absolute Gasteiger partial charge is 0.496 e. The normalized spacial score (nSPS) is 10.5. The lowest BCUT2D eigenvalue weighted by Crippen LogP contribution is -2.37. The van der Waals surface area contributed by atoms with Crippen LogP contribution in [0.15, 0.2) is 28.9 Å². The quantitative estimate of drug-likeness (QED) is 0.699. The lowest BCUT2D eigenvalue weighted by Gasteiger charge is -2.26. The average Bonchev–Trinajstić information content (AvgIpc) is 3.12. The molecule has 0 atom stereocenters. The van der Waals surface area contributed by atoms with E-state index in [0.717, 1.165) is 0 Å². The molecule has 0 aliphatic rings. The van der Waals surface area contributed by atoms with E-state index in [2.05, 4.69) is 9.72 Å². The predicted molar refractivity (Wildman–Crippen MR) is 92.4 cm³/mol. The SMILES string of the molecule is COC(=O)c1coc(CN(C(=O)c2c(OC)cccc2OC)C(C)C)n1. The maximum atomic E-state index is 13.2. The van der Waals surface area contributed by atoms with Crippen LogP contribution >= 0.6 is 0 Å². The first-order chi connectivity index (χ1) is 12.4. The van der Waals surface area contributed by atoms with Gasteiger partial charge in [-0.05, 0) is 26.0 Å². The van der Waals surface area contributed by atoms with E-state index in [1.54, 1.807) is 23.1 Å². The molecule has 2 aromatic rings. The topological polar surface area (TPSA) is 91.1 Å². The molecule has 0 radical (unpaired) electrons. The zero-order chi connectivity index (χ0) is 19.3. The molecule has 0 aliphatic heterocycles. The number of nitrogens with zero attached hydrogens (tertiary/aromatic N) is 2. The third-order valence-electron chi connectivity index (χ3n) is 3.78. The van der Waals surface area contributed by atoms with Gasteiger partial charge in [0, 0.05) is 6.04 Å². The third-order valence-corrected chi connectivity index (χ3v) is 3.78. The first-order valence-corrected chi connectivity index (χ1v) is 7.97. The summed E-state index contributed by atoms with van der Waals surface area (Å²) >= 11 is 0. The average molecular weight is 362 g/mol. The highest BCUT2D eigenvalue weighted by atomic mass is 16.5. The van der Waals surface area contributed by atoms with Crippen LogP contribution in [0.2, 0.25) is 0 Å². The van der Waals surface area contributed by atoms with Crippen molar-refractivity contribution in [3.05, 3.63) is 41.6 Å². The van der Waals surface area contributed by atoms with Gasteiger partial charge < -0.3 is 23.5 Å². The number of carbonyl (C=O) groups is 2. The smallest absolute Gasteiger partial charge is 0.360 e. The van der Waals surface area contributed by atoms with Crippen LogP contribution in [0.5, 0.6) is 11.5 Å². The van der Waals surface area contributed by atoms with E-state index in [9.17, 15) is 9.59 Å². The zero-order valence-corrected chi connectivity index (χ0v) is 15.4. The monoisotopic (exact) mass is 362 g/mol. The van der Waals surface area contributed by atoms with Crippen LogP contribution in [0.25, 0.3) is 0 Å². The third kappa shape index (κ3) is 3.96. The zero-order valence-electron chi connectivity index (χ0n) is 15.4. The molecular formula is C18H22N2O6. The Labute approximate surface area is 151 Å². The highest BCUT2D eigenvalue weighted by Crippen LogP contribution is 2.30. The minimum atomic E-state index is -0.603. The minimum absolute atomic E-state index is 0.0496. The van der Waals surface area contributed by atoms with Crippen LogP contribution in [0.1, 0.15) is 40.6 Å². The number of amides is 1. The molecule has 0 spiro atoms. The molecule has 1 aromatic heterocycles. The maximum absolute atomic E-state index is 13.2. The molecule has 140 valence electrons. The van der Waals surface area contributed by atoms with Crippen LogP contribution in [0.3, 0.4) is 0 Å². The van der Waals surface area contributed by atoms with Crippen molar-refractivity contribution >= 4 is 11.9 Å². The number of esters is 1. The van der Waals surface area contributed by atoms with Crippen molar-refractivity contribution in [3.63, 3.8) is 0 Å². The van der Waals surface area contributed by atoms with E-state index in [4.69, 9.17) is 13.9 Å². The first kappa shape index (κ1) is 19.3. The number of carbonyl (C=O) groups excluding carboxylic acids is 2. The second-order valence-corrected chi connectivity index (χ2v) is 5.68. The van der Waals surface area contributed by atoms with Crippen LogP contribution < -0.4 is 9.47 Å². The summed E-state index contributed by atoms with van der Waals surface area (Å²) in [5, 5.41) is 0. The summed E-state index contributed by atoms with van der Waals surface area (Å²) < 4.78 is 20.5. The van der Waals surface area contributed by atoms with Gasteiger partial charge in [-0.3, -0.25) is 4.79 Å². The van der Waals surface area contributed by atoms with Gasteiger partial charge in [-0.25, -0.2) is 9.78 Å². The fourth-order valence-electron chi connectivity index (χ4n) is 2.42. The molecule has 0 saturated heterocycles. The van der Waals surface area contributed by atoms with Crippen molar-refractivity contribution in [2.24, 2.45) is 0 Å². The van der Waals surface area contributed by atoms with E-state index in [0.29, 0.717) is 17.1 Å². The van der Waals surface area contributed by atoms with E-state index in [1.165, 1.54) is 27.6 Å². The Morgan fingerprint density at radius 2 is 1.77 bits per heavy atom. The fraction of sp³-hybridized carbons (Fsp3) is 0.389. The summed E-state index contributed by atoms with van der Waals surface area (Å²) in [6.07, 6.45) is 1.20. The van der Waals surface area contributed by atoms with Crippen molar-refractivity contribution in [2.45, 2.75) is 26.4 Å². The molecule has 0 aliphatic carbocycles. The molecule has 0 N–H and O–H groups in total. The van der Waals surface area contributed by atoms with Crippen LogP contribution in [0.4, 0.5) is 0 Å². The standard InChI is InChI=1S/C18H22N2O6/c1-11(2)20(9-15-19-12(10-26-15)18(22)25-5)17(21)16-13(23-3)7-6-8-14(16)24-4/h6-8,10-11H,9H2,1-5H3. The number of hydrogen-bond donors (Lipinski definition) is 0. The van der Waals surface area contributed by atoms with E-state index in [-0.39, 0.29) is 30.1 Å². The Kier molecular flexibility index (Phi) is 6.21. The van der Waals surface area contributed by atoms with Gasteiger partial charge in [0.15, 0.2) is 5.69 Å². The minimum Gasteiger partial charge on any atom is -0.496 e. The molecule has 8 nitrogen and oxygen atoms in total. The molecule has 26 heavy (non-hydrogen) atoms. The van der Waals surface area contributed by atoms with E-state index in [1.807, 2.05) is 13.8 Å². The van der Waals surface area contributed by atoms with Gasteiger partial charge in [-0.2, -0.15) is 0 Å². The highest BCUT2D eigenvalue weighted by molar-refractivity contribution is 5.99. The van der Waals surface area contributed by atoms with E-state index >= 15 is 0 Å². The Morgan fingerprint density at radius 1 is 1.15 bits per heavy atom. The summed E-state index contributed by atoms with van der Waals surface area (Å²) in [5.41, 5.74) is 0.361. The van der Waals surface area contributed by atoms with Crippen molar-refractivity contribution in [1.29, 1.82) is 0 Å². The lowest BCUT2D eigenvalue weighted by molar-refractivity contribution is 0.0593. The summed E-state index contributed by atoms with van der Waals surface area (Å²) in [5.74, 6) is 0.132. The van der Waals surface area contributed by atoms with Gasteiger partial charge in [-0.1, -0.05) is 6.07 Å². The summed E-state index contributed by atoms with van der Waals surface area (Å²) in [6.45, 7) is 3.81. The Bertz CT molecular complexity index is 761. The fourth-order valence-corrected chi connectivity index (χ4v) is 2.42. The number of rotatable bonds is 7. The Hall–Kier alpha value is -3.03. The molecule has 0 saturated carbocycles. The van der Waals surface area contributed by atoms with E-state index < -0.39 is 5.97 Å². The molecule has 0 unspecified atom stereocenters. The Morgan fingerprint density at radius 3 is 2.27 bits per heavy atom. The van der Waals surface area contributed by atoms with Gasteiger partial charge in [0.2, 0.25) is 5.89 Å². The number of ether oxygens (including phenoxy) is 3. The van der Waals surface area contributed by atoms with Crippen LogP contribution in [-0.2, 0) is 11.3 Å². The van der Waals surface area contributed by atoms with Gasteiger partial charge >= 0.3 is 5.97 Å². The molecule has 1 amide bonds.